The molecule has 1 heterocycles. The van der Waals surface area contributed by atoms with Crippen LogP contribution in [0.4, 0.5) is 0 Å². The van der Waals surface area contributed by atoms with Gasteiger partial charge in [-0.05, 0) is 31.9 Å². The third-order valence-corrected chi connectivity index (χ3v) is 5.36. The monoisotopic (exact) mass is 346 g/mol. The molecule has 1 N–H and O–H groups in total. The van der Waals surface area contributed by atoms with Crippen LogP contribution in [0.1, 0.15) is 44.0 Å². The molecule has 1 aliphatic carbocycles. The van der Waals surface area contributed by atoms with Crippen molar-refractivity contribution in [3.05, 3.63) is 29.3 Å². The minimum absolute atomic E-state index is 0.199. The van der Waals surface area contributed by atoms with Crippen molar-refractivity contribution < 1.29 is 14.3 Å². The number of fused-ring (bicyclic) bond motifs is 1. The average Bonchev–Trinajstić information content (AvgIpc) is 3.21. The third kappa shape index (κ3) is 4.32. The molecule has 0 radical (unpaired) electrons. The van der Waals surface area contributed by atoms with Gasteiger partial charge in [-0.3, -0.25) is 9.59 Å². The van der Waals surface area contributed by atoms with Gasteiger partial charge >= 0.3 is 5.97 Å². The Hall–Kier alpha value is -1.95. The number of hydrogen-bond acceptors (Lipinski definition) is 5. The SMILES string of the molecule is C[C@@H](OC(=O)CCc1nc2ccccc2s1)C(=O)NC1CCCC1. The van der Waals surface area contributed by atoms with Gasteiger partial charge in [-0.2, -0.15) is 0 Å². The first kappa shape index (κ1) is 16.9. The van der Waals surface area contributed by atoms with Crippen LogP contribution in [0.25, 0.3) is 10.2 Å². The summed E-state index contributed by atoms with van der Waals surface area (Å²) >= 11 is 1.59. The van der Waals surface area contributed by atoms with Crippen molar-refractivity contribution in [1.29, 1.82) is 0 Å². The lowest BCUT2D eigenvalue weighted by molar-refractivity contribution is -0.155. The molecule has 5 nitrogen and oxygen atoms in total. The van der Waals surface area contributed by atoms with Gasteiger partial charge in [-0.15, -0.1) is 11.3 Å². The number of nitrogens with one attached hydrogen (secondary N) is 1. The molecule has 2 aromatic rings. The smallest absolute Gasteiger partial charge is 0.306 e. The molecule has 0 spiro atoms. The molecule has 1 saturated carbocycles. The quantitative estimate of drug-likeness (QED) is 0.816. The van der Waals surface area contributed by atoms with E-state index in [1.165, 1.54) is 0 Å². The molecule has 1 aromatic heterocycles. The number of aromatic nitrogens is 1. The number of para-hydroxylation sites is 1. The molecule has 128 valence electrons. The number of esters is 1. The van der Waals surface area contributed by atoms with Crippen LogP contribution in [0.5, 0.6) is 0 Å². The molecule has 1 amide bonds. The second kappa shape index (κ2) is 7.75. The van der Waals surface area contributed by atoms with Crippen molar-refractivity contribution in [2.45, 2.75) is 57.6 Å². The zero-order valence-corrected chi connectivity index (χ0v) is 14.6. The first-order valence-electron chi connectivity index (χ1n) is 8.46. The Labute approximate surface area is 145 Å². The van der Waals surface area contributed by atoms with Crippen LogP contribution in [-0.2, 0) is 20.7 Å². The van der Waals surface area contributed by atoms with E-state index in [0.29, 0.717) is 6.42 Å². The van der Waals surface area contributed by atoms with Crippen molar-refractivity contribution in [3.63, 3.8) is 0 Å². The Kier molecular flexibility index (Phi) is 5.45. The maximum Gasteiger partial charge on any atom is 0.306 e. The normalized spacial score (nSPS) is 16.2. The molecule has 0 aliphatic heterocycles. The van der Waals surface area contributed by atoms with E-state index in [-0.39, 0.29) is 24.3 Å². The van der Waals surface area contributed by atoms with E-state index in [1.807, 2.05) is 24.3 Å². The standard InChI is InChI=1S/C18H22N2O3S/c1-12(18(22)19-13-6-2-3-7-13)23-17(21)11-10-16-20-14-8-4-5-9-15(14)24-16/h4-5,8-9,12-13H,2-3,6-7,10-11H2,1H3,(H,19,22)/t12-/m1/s1. The predicted octanol–water partition coefficient (Wildman–Crippen LogP) is 3.22. The second-order valence-electron chi connectivity index (χ2n) is 6.20. The Balaban J connectivity index is 1.45. The van der Waals surface area contributed by atoms with Gasteiger partial charge in [0.15, 0.2) is 6.10 Å². The van der Waals surface area contributed by atoms with Crippen molar-refractivity contribution in [2.24, 2.45) is 0 Å². The number of ether oxygens (including phenoxy) is 1. The Morgan fingerprint density at radius 1 is 1.33 bits per heavy atom. The zero-order chi connectivity index (χ0) is 16.9. The lowest BCUT2D eigenvalue weighted by atomic mass is 10.2. The van der Waals surface area contributed by atoms with Crippen LogP contribution in [0.15, 0.2) is 24.3 Å². The van der Waals surface area contributed by atoms with Crippen LogP contribution in [-0.4, -0.2) is 29.0 Å². The Morgan fingerprint density at radius 3 is 2.83 bits per heavy atom. The fourth-order valence-electron chi connectivity index (χ4n) is 2.93. The fourth-order valence-corrected chi connectivity index (χ4v) is 3.90. The predicted molar refractivity (Wildman–Crippen MR) is 93.9 cm³/mol. The van der Waals surface area contributed by atoms with Crippen molar-refractivity contribution in [1.82, 2.24) is 10.3 Å². The third-order valence-electron chi connectivity index (χ3n) is 4.26. The van der Waals surface area contributed by atoms with E-state index in [1.54, 1.807) is 18.3 Å². The van der Waals surface area contributed by atoms with Crippen LogP contribution < -0.4 is 5.32 Å². The van der Waals surface area contributed by atoms with Gasteiger partial charge in [-0.25, -0.2) is 4.98 Å². The number of thiazole rings is 1. The second-order valence-corrected chi connectivity index (χ2v) is 7.31. The minimum atomic E-state index is -0.742. The highest BCUT2D eigenvalue weighted by Gasteiger charge is 2.23. The summed E-state index contributed by atoms with van der Waals surface area (Å²) < 4.78 is 6.36. The molecule has 1 aliphatic rings. The van der Waals surface area contributed by atoms with E-state index < -0.39 is 6.10 Å². The highest BCUT2D eigenvalue weighted by atomic mass is 32.1. The molecule has 1 atom stereocenters. The number of carbonyl (C=O) groups excluding carboxylic acids is 2. The Bertz CT molecular complexity index is 689. The van der Waals surface area contributed by atoms with E-state index in [2.05, 4.69) is 10.3 Å². The zero-order valence-electron chi connectivity index (χ0n) is 13.8. The number of hydrogen-bond donors (Lipinski definition) is 1. The molecule has 0 saturated heterocycles. The summed E-state index contributed by atoms with van der Waals surface area (Å²) in [5.74, 6) is -0.557. The van der Waals surface area contributed by atoms with Gasteiger partial charge < -0.3 is 10.1 Å². The van der Waals surface area contributed by atoms with Crippen molar-refractivity contribution >= 4 is 33.4 Å². The maximum atomic E-state index is 12.0. The Morgan fingerprint density at radius 2 is 2.08 bits per heavy atom. The molecular weight excluding hydrogens is 324 g/mol. The molecule has 24 heavy (non-hydrogen) atoms. The molecule has 3 rings (SSSR count). The first-order valence-corrected chi connectivity index (χ1v) is 9.28. The van der Waals surface area contributed by atoms with E-state index >= 15 is 0 Å². The molecular formula is C18H22N2O3S. The summed E-state index contributed by atoms with van der Waals surface area (Å²) in [7, 11) is 0. The van der Waals surface area contributed by atoms with Crippen LogP contribution in [0.3, 0.4) is 0 Å². The number of nitrogens with zero attached hydrogens (tertiary/aromatic N) is 1. The van der Waals surface area contributed by atoms with E-state index in [0.717, 1.165) is 40.9 Å². The van der Waals surface area contributed by atoms with Crippen molar-refractivity contribution in [3.8, 4) is 0 Å². The van der Waals surface area contributed by atoms with Gasteiger partial charge in [0.25, 0.3) is 5.91 Å². The average molecular weight is 346 g/mol. The lowest BCUT2D eigenvalue weighted by Crippen LogP contribution is -2.40. The van der Waals surface area contributed by atoms with Gasteiger partial charge in [0.2, 0.25) is 0 Å². The topological polar surface area (TPSA) is 68.3 Å². The lowest BCUT2D eigenvalue weighted by Gasteiger charge is -2.17. The minimum Gasteiger partial charge on any atom is -0.453 e. The van der Waals surface area contributed by atoms with Crippen molar-refractivity contribution in [2.75, 3.05) is 0 Å². The highest BCUT2D eigenvalue weighted by Crippen LogP contribution is 2.22. The van der Waals surface area contributed by atoms with Gasteiger partial charge in [0.05, 0.1) is 21.6 Å². The van der Waals surface area contributed by atoms with Gasteiger partial charge in [-0.1, -0.05) is 25.0 Å². The number of aryl methyl sites for hydroxylation is 1. The van der Waals surface area contributed by atoms with Crippen LogP contribution >= 0.6 is 11.3 Å². The molecule has 0 bridgehead atoms. The summed E-state index contributed by atoms with van der Waals surface area (Å²) in [5, 5.41) is 3.86. The maximum absolute atomic E-state index is 12.0. The summed E-state index contributed by atoms with van der Waals surface area (Å²) in [6.45, 7) is 1.62. The number of rotatable bonds is 6. The summed E-state index contributed by atoms with van der Waals surface area (Å²) in [5.41, 5.74) is 0.954. The number of carbonyl (C=O) groups is 2. The summed E-state index contributed by atoms with van der Waals surface area (Å²) in [4.78, 5) is 28.5. The first-order chi connectivity index (χ1) is 11.6. The molecule has 0 unspecified atom stereocenters. The summed E-state index contributed by atoms with van der Waals surface area (Å²) in [6.07, 6.45) is 4.38. The molecule has 1 fully saturated rings. The number of benzene rings is 1. The van der Waals surface area contributed by atoms with Gasteiger partial charge in [0, 0.05) is 12.5 Å². The van der Waals surface area contributed by atoms with Crippen LogP contribution in [0, 0.1) is 0 Å². The number of amides is 1. The van der Waals surface area contributed by atoms with E-state index in [4.69, 9.17) is 4.74 Å². The van der Waals surface area contributed by atoms with Gasteiger partial charge in [0.1, 0.15) is 0 Å². The molecule has 1 aromatic carbocycles. The molecule has 6 heteroatoms. The summed E-state index contributed by atoms with van der Waals surface area (Å²) in [6, 6.07) is 8.14. The highest BCUT2D eigenvalue weighted by molar-refractivity contribution is 7.18. The largest absolute Gasteiger partial charge is 0.453 e. The van der Waals surface area contributed by atoms with E-state index in [9.17, 15) is 9.59 Å². The fraction of sp³-hybridized carbons (Fsp3) is 0.500. The van der Waals surface area contributed by atoms with Crippen LogP contribution in [0.2, 0.25) is 0 Å².